The van der Waals surface area contributed by atoms with Crippen LogP contribution < -0.4 is 20.1 Å². The Kier molecular flexibility index (Phi) is 7.57. The number of amides is 3. The molecular formula is C27H29F4N3O5. The molecule has 5 rings (SSSR count). The van der Waals surface area contributed by atoms with Gasteiger partial charge in [-0.25, -0.2) is 9.18 Å². The normalized spacial score (nSPS) is 22.8. The standard InChI is InChI=1S/C27H29F4N3O5/c28-18-5-6-20(23(14-18)38-19-7-12-37-16-19)21-15-32-25(36)33-26(21)8-10-34(11-9-26)24(35)13-17-3-1-2-4-22(17)39-27(29,30)31/h1-6,14,19,21H,7-13,15-16H2,(H2,32,33,36)/t19-,21-/m1/s1. The zero-order chi connectivity index (χ0) is 27.6. The number of nitrogens with one attached hydrogen (secondary N) is 2. The highest BCUT2D eigenvalue weighted by Gasteiger charge is 2.47. The smallest absolute Gasteiger partial charge is 0.488 e. The number of rotatable bonds is 6. The Hall–Kier alpha value is -3.54. The lowest BCUT2D eigenvalue weighted by molar-refractivity contribution is -0.274. The van der Waals surface area contributed by atoms with Crippen LogP contribution >= 0.6 is 0 Å². The maximum Gasteiger partial charge on any atom is 0.573 e. The third-order valence-electron chi connectivity index (χ3n) is 7.58. The number of ether oxygens (including phenoxy) is 3. The van der Waals surface area contributed by atoms with Gasteiger partial charge in [0.15, 0.2) is 0 Å². The van der Waals surface area contributed by atoms with E-state index >= 15 is 0 Å². The van der Waals surface area contributed by atoms with E-state index in [9.17, 15) is 27.2 Å². The summed E-state index contributed by atoms with van der Waals surface area (Å²) in [7, 11) is 0. The molecule has 2 N–H and O–H groups in total. The predicted octanol–water partition coefficient (Wildman–Crippen LogP) is 3.89. The van der Waals surface area contributed by atoms with E-state index in [2.05, 4.69) is 15.4 Å². The molecule has 39 heavy (non-hydrogen) atoms. The summed E-state index contributed by atoms with van der Waals surface area (Å²) < 4.78 is 68.2. The van der Waals surface area contributed by atoms with Crippen molar-refractivity contribution in [1.82, 2.24) is 15.5 Å². The minimum absolute atomic E-state index is 0.136. The summed E-state index contributed by atoms with van der Waals surface area (Å²) in [6.45, 7) is 1.84. The average molecular weight is 552 g/mol. The second kappa shape index (κ2) is 10.9. The highest BCUT2D eigenvalue weighted by molar-refractivity contribution is 5.80. The first-order chi connectivity index (χ1) is 18.6. The number of halogens is 4. The van der Waals surface area contributed by atoms with Gasteiger partial charge in [-0.05, 0) is 25.0 Å². The van der Waals surface area contributed by atoms with E-state index in [1.54, 1.807) is 17.0 Å². The number of benzene rings is 2. The van der Waals surface area contributed by atoms with Crippen molar-refractivity contribution in [2.75, 3.05) is 32.8 Å². The van der Waals surface area contributed by atoms with Crippen molar-refractivity contribution in [1.29, 1.82) is 0 Å². The first-order valence-electron chi connectivity index (χ1n) is 12.8. The van der Waals surface area contributed by atoms with Crippen LogP contribution in [0.5, 0.6) is 11.5 Å². The van der Waals surface area contributed by atoms with Gasteiger partial charge in [0.25, 0.3) is 0 Å². The summed E-state index contributed by atoms with van der Waals surface area (Å²) in [6, 6.07) is 9.60. The van der Waals surface area contributed by atoms with Gasteiger partial charge in [-0.2, -0.15) is 0 Å². The Morgan fingerprint density at radius 3 is 2.62 bits per heavy atom. The second-order valence-electron chi connectivity index (χ2n) is 10.0. The van der Waals surface area contributed by atoms with E-state index in [1.807, 2.05) is 0 Å². The Bertz CT molecular complexity index is 1210. The molecule has 3 heterocycles. The van der Waals surface area contributed by atoms with Crippen LogP contribution in [-0.4, -0.2) is 67.7 Å². The van der Waals surface area contributed by atoms with Gasteiger partial charge in [0.2, 0.25) is 5.91 Å². The number of alkyl halides is 3. The van der Waals surface area contributed by atoms with Crippen molar-refractivity contribution in [3.8, 4) is 11.5 Å². The first-order valence-corrected chi connectivity index (χ1v) is 12.8. The number of likely N-dealkylation sites (tertiary alicyclic amines) is 1. The lowest BCUT2D eigenvalue weighted by Crippen LogP contribution is -2.66. The van der Waals surface area contributed by atoms with Crippen LogP contribution in [0.25, 0.3) is 0 Å². The van der Waals surface area contributed by atoms with Gasteiger partial charge in [-0.1, -0.05) is 24.3 Å². The van der Waals surface area contributed by atoms with Crippen molar-refractivity contribution in [3.63, 3.8) is 0 Å². The minimum Gasteiger partial charge on any atom is -0.488 e. The predicted molar refractivity (Wildman–Crippen MR) is 131 cm³/mol. The van der Waals surface area contributed by atoms with Gasteiger partial charge < -0.3 is 29.7 Å². The number of hydrogen-bond donors (Lipinski definition) is 2. The number of piperidine rings is 1. The summed E-state index contributed by atoms with van der Waals surface area (Å²) in [6.07, 6.45) is -3.82. The summed E-state index contributed by atoms with van der Waals surface area (Å²) in [4.78, 5) is 27.1. The van der Waals surface area contributed by atoms with Crippen molar-refractivity contribution in [3.05, 3.63) is 59.4 Å². The van der Waals surface area contributed by atoms with Crippen LogP contribution in [0.15, 0.2) is 42.5 Å². The van der Waals surface area contributed by atoms with Gasteiger partial charge in [0.1, 0.15) is 23.4 Å². The molecule has 3 aliphatic rings. The van der Waals surface area contributed by atoms with Crippen LogP contribution in [0, 0.1) is 5.82 Å². The molecule has 0 bridgehead atoms. The van der Waals surface area contributed by atoms with Crippen LogP contribution in [0.4, 0.5) is 22.4 Å². The van der Waals surface area contributed by atoms with Crippen molar-refractivity contribution in [2.24, 2.45) is 0 Å². The molecule has 0 radical (unpaired) electrons. The zero-order valence-corrected chi connectivity index (χ0v) is 21.1. The van der Waals surface area contributed by atoms with Crippen LogP contribution in [-0.2, 0) is 16.0 Å². The lowest BCUT2D eigenvalue weighted by atomic mass is 9.71. The Labute approximate surface area is 222 Å². The van der Waals surface area contributed by atoms with Crippen LogP contribution in [0.1, 0.15) is 36.3 Å². The molecule has 8 nitrogen and oxygen atoms in total. The fraction of sp³-hybridized carbons (Fsp3) is 0.481. The highest BCUT2D eigenvalue weighted by Crippen LogP contribution is 2.42. The summed E-state index contributed by atoms with van der Waals surface area (Å²) in [5.74, 6) is -1.07. The third kappa shape index (κ3) is 6.21. The number of carbonyl (C=O) groups excluding carboxylic acids is 2. The van der Waals surface area contributed by atoms with E-state index in [1.165, 1.54) is 30.3 Å². The van der Waals surface area contributed by atoms with E-state index in [0.29, 0.717) is 44.8 Å². The van der Waals surface area contributed by atoms with Gasteiger partial charge >= 0.3 is 12.4 Å². The van der Waals surface area contributed by atoms with Gasteiger partial charge in [0, 0.05) is 49.2 Å². The minimum atomic E-state index is -4.87. The summed E-state index contributed by atoms with van der Waals surface area (Å²) in [5, 5.41) is 5.87. The molecule has 0 aromatic heterocycles. The fourth-order valence-electron chi connectivity index (χ4n) is 5.62. The highest BCUT2D eigenvalue weighted by atomic mass is 19.4. The van der Waals surface area contributed by atoms with E-state index in [0.717, 1.165) is 5.56 Å². The molecule has 3 aliphatic heterocycles. The maximum absolute atomic E-state index is 14.2. The molecule has 3 saturated heterocycles. The molecule has 0 aliphatic carbocycles. The summed E-state index contributed by atoms with van der Waals surface area (Å²) in [5.41, 5.74) is 0.157. The molecular weight excluding hydrogens is 522 g/mol. The number of para-hydroxylation sites is 1. The molecule has 3 fully saturated rings. The lowest BCUT2D eigenvalue weighted by Gasteiger charge is -2.50. The number of hydrogen-bond acceptors (Lipinski definition) is 5. The molecule has 2 aromatic carbocycles. The van der Waals surface area contributed by atoms with E-state index in [-0.39, 0.29) is 49.0 Å². The molecule has 1 spiro atoms. The van der Waals surface area contributed by atoms with Gasteiger partial charge in [-0.3, -0.25) is 4.79 Å². The molecule has 12 heteroatoms. The molecule has 2 aromatic rings. The van der Waals surface area contributed by atoms with Crippen LogP contribution in [0.2, 0.25) is 0 Å². The maximum atomic E-state index is 14.2. The third-order valence-corrected chi connectivity index (χ3v) is 7.58. The topological polar surface area (TPSA) is 89.1 Å². The number of carbonyl (C=O) groups is 2. The summed E-state index contributed by atoms with van der Waals surface area (Å²) >= 11 is 0. The average Bonchev–Trinajstić information content (AvgIpc) is 3.39. The zero-order valence-electron chi connectivity index (χ0n) is 21.1. The monoisotopic (exact) mass is 551 g/mol. The van der Waals surface area contributed by atoms with Crippen molar-refractivity contribution < 1.29 is 41.4 Å². The SMILES string of the molecule is O=C1NC[C@H](c2ccc(F)cc2O[C@@H]2CCOC2)C2(CCN(C(=O)Cc3ccccc3OC(F)(F)F)CC2)N1. The molecule has 0 unspecified atom stereocenters. The quantitative estimate of drug-likeness (QED) is 0.532. The second-order valence-corrected chi connectivity index (χ2v) is 10.0. The largest absolute Gasteiger partial charge is 0.573 e. The molecule has 3 amide bonds. The number of urea groups is 1. The van der Waals surface area contributed by atoms with Gasteiger partial charge in [0.05, 0.1) is 25.2 Å². The van der Waals surface area contributed by atoms with E-state index in [4.69, 9.17) is 9.47 Å². The van der Waals surface area contributed by atoms with Crippen molar-refractivity contribution in [2.45, 2.75) is 49.6 Å². The Morgan fingerprint density at radius 2 is 1.90 bits per heavy atom. The van der Waals surface area contributed by atoms with Crippen molar-refractivity contribution >= 4 is 11.9 Å². The molecule has 210 valence electrons. The molecule has 0 saturated carbocycles. The van der Waals surface area contributed by atoms with Gasteiger partial charge in [-0.15, -0.1) is 13.2 Å². The Morgan fingerprint density at radius 1 is 1.13 bits per heavy atom. The first kappa shape index (κ1) is 27.0. The van der Waals surface area contributed by atoms with E-state index < -0.39 is 23.5 Å². The van der Waals surface area contributed by atoms with Crippen LogP contribution in [0.3, 0.4) is 0 Å². The molecule has 2 atom stereocenters. The Balaban J connectivity index is 1.32. The number of nitrogens with zero attached hydrogens (tertiary/aromatic N) is 1. The fourth-order valence-corrected chi connectivity index (χ4v) is 5.62.